The highest BCUT2D eigenvalue weighted by Gasteiger charge is 2.28. The number of amides is 2. The Bertz CT molecular complexity index is 935. The molecule has 0 heterocycles. The van der Waals surface area contributed by atoms with Crippen molar-refractivity contribution in [1.29, 1.82) is 0 Å². The number of carboxylic acids is 1. The van der Waals surface area contributed by atoms with Gasteiger partial charge in [0.25, 0.3) is 0 Å². The highest BCUT2D eigenvalue weighted by molar-refractivity contribution is 7.99. The molecule has 2 amide bonds. The Hall–Kier alpha value is -3.00. The van der Waals surface area contributed by atoms with E-state index in [0.29, 0.717) is 31.0 Å². The van der Waals surface area contributed by atoms with Gasteiger partial charge >= 0.3 is 12.1 Å². The van der Waals surface area contributed by atoms with Crippen LogP contribution in [0.1, 0.15) is 36.8 Å². The van der Waals surface area contributed by atoms with Gasteiger partial charge in [0.15, 0.2) is 0 Å². The van der Waals surface area contributed by atoms with Crippen LogP contribution in [-0.4, -0.2) is 54.3 Å². The van der Waals surface area contributed by atoms with Crippen molar-refractivity contribution in [3.8, 4) is 11.1 Å². The molecule has 7 nitrogen and oxygen atoms in total. The van der Waals surface area contributed by atoms with Crippen LogP contribution in [0.4, 0.5) is 4.79 Å². The van der Waals surface area contributed by atoms with Gasteiger partial charge in [0.2, 0.25) is 5.91 Å². The van der Waals surface area contributed by atoms with Crippen molar-refractivity contribution in [1.82, 2.24) is 10.6 Å². The Morgan fingerprint density at radius 1 is 1.00 bits per heavy atom. The van der Waals surface area contributed by atoms with Crippen LogP contribution >= 0.6 is 11.8 Å². The SMILES string of the molecule is CC(CCNC(=O)CSCCNC(=O)OCC1c2ccccc2-c2ccccc21)CC(=O)O. The zero-order chi connectivity index (χ0) is 23.6. The smallest absolute Gasteiger partial charge is 0.407 e. The molecule has 0 aliphatic heterocycles. The number of hydrogen-bond acceptors (Lipinski definition) is 5. The lowest BCUT2D eigenvalue weighted by atomic mass is 9.98. The lowest BCUT2D eigenvalue weighted by Crippen LogP contribution is -2.30. The first-order chi connectivity index (χ1) is 16.0. The van der Waals surface area contributed by atoms with E-state index in [1.807, 2.05) is 31.2 Å². The molecule has 1 unspecified atom stereocenters. The summed E-state index contributed by atoms with van der Waals surface area (Å²) in [5, 5.41) is 14.3. The van der Waals surface area contributed by atoms with Gasteiger partial charge in [-0.25, -0.2) is 4.79 Å². The van der Waals surface area contributed by atoms with Gasteiger partial charge in [-0.2, -0.15) is 11.8 Å². The molecular weight excluding hydrogens is 440 g/mol. The monoisotopic (exact) mass is 470 g/mol. The Morgan fingerprint density at radius 3 is 2.27 bits per heavy atom. The summed E-state index contributed by atoms with van der Waals surface area (Å²) in [7, 11) is 0. The molecule has 1 aliphatic rings. The zero-order valence-corrected chi connectivity index (χ0v) is 19.5. The highest BCUT2D eigenvalue weighted by atomic mass is 32.2. The number of benzene rings is 2. The molecule has 1 atom stereocenters. The van der Waals surface area contributed by atoms with Crippen LogP contribution in [0.3, 0.4) is 0 Å². The third-order valence-corrected chi connectivity index (χ3v) is 6.53. The molecule has 3 N–H and O–H groups in total. The van der Waals surface area contributed by atoms with Gasteiger partial charge in [-0.05, 0) is 34.6 Å². The average molecular weight is 471 g/mol. The van der Waals surface area contributed by atoms with E-state index in [1.165, 1.54) is 34.0 Å². The predicted octanol–water partition coefficient (Wildman–Crippen LogP) is 3.88. The number of nitrogens with one attached hydrogen (secondary N) is 2. The van der Waals surface area contributed by atoms with Gasteiger partial charge in [0.1, 0.15) is 6.61 Å². The van der Waals surface area contributed by atoms with Crippen LogP contribution < -0.4 is 10.6 Å². The molecule has 0 saturated heterocycles. The maximum Gasteiger partial charge on any atom is 0.407 e. The minimum Gasteiger partial charge on any atom is -0.481 e. The Morgan fingerprint density at radius 2 is 1.64 bits per heavy atom. The van der Waals surface area contributed by atoms with E-state index in [2.05, 4.69) is 34.9 Å². The molecule has 3 rings (SSSR count). The number of thioether (sulfide) groups is 1. The van der Waals surface area contributed by atoms with Gasteiger partial charge in [-0.3, -0.25) is 9.59 Å². The van der Waals surface area contributed by atoms with Crippen molar-refractivity contribution >= 4 is 29.7 Å². The summed E-state index contributed by atoms with van der Waals surface area (Å²) in [6.45, 7) is 3.00. The molecule has 0 bridgehead atoms. The van der Waals surface area contributed by atoms with Crippen LogP contribution in [0.25, 0.3) is 11.1 Å². The number of ether oxygens (including phenoxy) is 1. The third kappa shape index (κ3) is 7.25. The summed E-state index contributed by atoms with van der Waals surface area (Å²) in [5.74, 6) is 0.0143. The Balaban J connectivity index is 1.30. The summed E-state index contributed by atoms with van der Waals surface area (Å²) in [4.78, 5) is 34.6. The van der Waals surface area contributed by atoms with Crippen molar-refractivity contribution in [2.24, 2.45) is 5.92 Å². The quantitative estimate of drug-likeness (QED) is 0.407. The van der Waals surface area contributed by atoms with E-state index >= 15 is 0 Å². The van der Waals surface area contributed by atoms with Crippen molar-refractivity contribution in [3.05, 3.63) is 59.7 Å². The molecule has 33 heavy (non-hydrogen) atoms. The second kappa shape index (κ2) is 12.3. The Kier molecular flexibility index (Phi) is 9.18. The first kappa shape index (κ1) is 24.6. The molecule has 176 valence electrons. The number of fused-ring (bicyclic) bond motifs is 3. The average Bonchev–Trinajstić information content (AvgIpc) is 3.11. The second-order valence-electron chi connectivity index (χ2n) is 8.15. The summed E-state index contributed by atoms with van der Waals surface area (Å²) in [6, 6.07) is 16.4. The predicted molar refractivity (Wildman–Crippen MR) is 129 cm³/mol. The summed E-state index contributed by atoms with van der Waals surface area (Å²) in [6.07, 6.45) is 0.271. The van der Waals surface area contributed by atoms with Gasteiger partial charge in [0.05, 0.1) is 5.75 Å². The molecule has 8 heteroatoms. The van der Waals surface area contributed by atoms with E-state index in [4.69, 9.17) is 9.84 Å². The van der Waals surface area contributed by atoms with Gasteiger partial charge in [-0.15, -0.1) is 0 Å². The second-order valence-corrected chi connectivity index (χ2v) is 9.25. The molecule has 0 aromatic heterocycles. The van der Waals surface area contributed by atoms with Crippen molar-refractivity contribution in [2.75, 3.05) is 31.2 Å². The van der Waals surface area contributed by atoms with E-state index < -0.39 is 12.1 Å². The van der Waals surface area contributed by atoms with Gasteiger partial charge < -0.3 is 20.5 Å². The maximum absolute atomic E-state index is 12.1. The largest absolute Gasteiger partial charge is 0.481 e. The fraction of sp³-hybridized carbons (Fsp3) is 0.400. The van der Waals surface area contributed by atoms with Crippen LogP contribution in [0.2, 0.25) is 0 Å². The van der Waals surface area contributed by atoms with E-state index in [9.17, 15) is 14.4 Å². The zero-order valence-electron chi connectivity index (χ0n) is 18.7. The first-order valence-electron chi connectivity index (χ1n) is 11.1. The number of carbonyl (C=O) groups is 3. The van der Waals surface area contributed by atoms with Crippen LogP contribution in [0.15, 0.2) is 48.5 Å². The van der Waals surface area contributed by atoms with Crippen molar-refractivity contribution < 1.29 is 24.2 Å². The van der Waals surface area contributed by atoms with Gasteiger partial charge in [-0.1, -0.05) is 55.5 Å². The summed E-state index contributed by atoms with van der Waals surface area (Å²) >= 11 is 1.42. The lowest BCUT2D eigenvalue weighted by Gasteiger charge is -2.14. The number of carbonyl (C=O) groups excluding carboxylic acids is 2. The molecule has 0 fully saturated rings. The number of hydrogen-bond donors (Lipinski definition) is 3. The van der Waals surface area contributed by atoms with E-state index in [0.717, 1.165) is 0 Å². The third-order valence-electron chi connectivity index (χ3n) is 5.57. The Labute approximate surface area is 198 Å². The number of aliphatic carboxylic acids is 1. The van der Waals surface area contributed by atoms with Crippen molar-refractivity contribution in [2.45, 2.75) is 25.7 Å². The standard InChI is InChI=1S/C25H30N2O5S/c1-17(14-24(29)30)10-11-26-23(28)16-33-13-12-27-25(31)32-15-22-20-8-4-2-6-18(20)19-7-3-5-9-21(19)22/h2-9,17,22H,10-16H2,1H3,(H,26,28)(H,27,31)(H,29,30). The molecule has 2 aromatic rings. The normalized spacial score (nSPS) is 13.0. The number of alkyl carbamates (subject to hydrolysis) is 1. The molecule has 0 spiro atoms. The van der Waals surface area contributed by atoms with Crippen molar-refractivity contribution in [3.63, 3.8) is 0 Å². The van der Waals surface area contributed by atoms with Gasteiger partial charge in [0, 0.05) is 31.2 Å². The van der Waals surface area contributed by atoms with E-state index in [1.54, 1.807) is 0 Å². The first-order valence-corrected chi connectivity index (χ1v) is 12.3. The highest BCUT2D eigenvalue weighted by Crippen LogP contribution is 2.44. The summed E-state index contributed by atoms with van der Waals surface area (Å²) in [5.41, 5.74) is 4.72. The fourth-order valence-corrected chi connectivity index (χ4v) is 4.63. The van der Waals surface area contributed by atoms with Crippen LogP contribution in [0, 0.1) is 5.92 Å². The number of rotatable bonds is 12. The topological polar surface area (TPSA) is 105 Å². The summed E-state index contributed by atoms with van der Waals surface area (Å²) < 4.78 is 5.49. The minimum absolute atomic E-state index is 0.0249. The van der Waals surface area contributed by atoms with Crippen LogP contribution in [0.5, 0.6) is 0 Å². The van der Waals surface area contributed by atoms with E-state index in [-0.39, 0.29) is 30.8 Å². The molecule has 0 radical (unpaired) electrons. The molecule has 2 aromatic carbocycles. The fourth-order valence-electron chi connectivity index (χ4n) is 3.95. The van der Waals surface area contributed by atoms with Crippen LogP contribution in [-0.2, 0) is 14.3 Å². The maximum atomic E-state index is 12.1. The number of carboxylic acid groups (broad SMARTS) is 1. The lowest BCUT2D eigenvalue weighted by molar-refractivity contribution is -0.138. The molecule has 1 aliphatic carbocycles. The minimum atomic E-state index is -0.826. The molecular formula is C25H30N2O5S. The molecule has 0 saturated carbocycles.